The first kappa shape index (κ1) is 19.9. The average molecular weight is 376 g/mol. The van der Waals surface area contributed by atoms with E-state index >= 15 is 0 Å². The van der Waals surface area contributed by atoms with E-state index in [1.807, 2.05) is 37.3 Å². The Kier molecular flexibility index (Phi) is 6.39. The number of carbonyl (C=O) groups excluding carboxylic acids is 1. The zero-order valence-electron chi connectivity index (χ0n) is 15.4. The Bertz CT molecular complexity index is 866. The molecule has 2 aromatic carbocycles. The Labute approximate surface area is 154 Å². The maximum Gasteiger partial charge on any atom is 0.246 e. The highest BCUT2D eigenvalue weighted by Gasteiger charge is 2.27. The van der Waals surface area contributed by atoms with Gasteiger partial charge >= 0.3 is 0 Å². The van der Waals surface area contributed by atoms with Crippen molar-refractivity contribution in [2.75, 3.05) is 20.7 Å². The van der Waals surface area contributed by atoms with E-state index in [0.717, 1.165) is 15.4 Å². The van der Waals surface area contributed by atoms with E-state index in [1.54, 1.807) is 19.1 Å². The Morgan fingerprint density at radius 2 is 1.85 bits per heavy atom. The summed E-state index contributed by atoms with van der Waals surface area (Å²) in [5, 5.41) is 2.81. The van der Waals surface area contributed by atoms with Gasteiger partial charge in [-0.15, -0.1) is 0 Å². The van der Waals surface area contributed by atoms with Crippen LogP contribution in [0.4, 0.5) is 0 Å². The quantitative estimate of drug-likeness (QED) is 0.806. The molecule has 6 nitrogen and oxygen atoms in total. The van der Waals surface area contributed by atoms with E-state index in [1.165, 1.54) is 20.2 Å². The minimum absolute atomic E-state index is 0.0476. The van der Waals surface area contributed by atoms with Gasteiger partial charge in [-0.25, -0.2) is 8.42 Å². The molecule has 26 heavy (non-hydrogen) atoms. The summed E-state index contributed by atoms with van der Waals surface area (Å²) in [4.78, 5) is 12.3. The summed E-state index contributed by atoms with van der Waals surface area (Å²) < 4.78 is 31.8. The van der Waals surface area contributed by atoms with E-state index in [0.29, 0.717) is 0 Å². The Hall–Kier alpha value is -2.38. The van der Waals surface area contributed by atoms with Crippen LogP contribution in [0.2, 0.25) is 0 Å². The van der Waals surface area contributed by atoms with Crippen molar-refractivity contribution >= 4 is 15.9 Å². The average Bonchev–Trinajstić information content (AvgIpc) is 2.62. The molecule has 1 atom stereocenters. The van der Waals surface area contributed by atoms with Crippen LogP contribution in [0.1, 0.15) is 24.1 Å². The molecular formula is C19H24N2O4S. The lowest BCUT2D eigenvalue weighted by Crippen LogP contribution is -2.39. The van der Waals surface area contributed by atoms with Gasteiger partial charge in [0.05, 0.1) is 19.7 Å². The van der Waals surface area contributed by atoms with Crippen LogP contribution in [0, 0.1) is 6.92 Å². The second-order valence-electron chi connectivity index (χ2n) is 6.12. The predicted molar refractivity (Wildman–Crippen MR) is 101 cm³/mol. The van der Waals surface area contributed by atoms with Gasteiger partial charge in [-0.3, -0.25) is 4.79 Å². The SMILES string of the molecule is COc1ccc(C)cc1S(=O)(=O)N(C)CC(=O)NC(C)c1ccccc1. The summed E-state index contributed by atoms with van der Waals surface area (Å²) in [7, 11) is -1.06. The van der Waals surface area contributed by atoms with Crippen LogP contribution in [-0.4, -0.2) is 39.3 Å². The second kappa shape index (κ2) is 8.33. The molecule has 0 aliphatic carbocycles. The molecule has 0 saturated carbocycles. The molecule has 0 spiro atoms. The van der Waals surface area contributed by atoms with Crippen LogP contribution in [0.25, 0.3) is 0 Å². The molecule has 0 aliphatic rings. The standard InChI is InChI=1S/C19H24N2O4S/c1-14-10-11-17(25-4)18(12-14)26(23,24)21(3)13-19(22)20-15(2)16-8-6-5-7-9-16/h5-12,15H,13H2,1-4H3,(H,20,22). The first-order valence-corrected chi connectivity index (χ1v) is 9.65. The molecule has 0 bridgehead atoms. The summed E-state index contributed by atoms with van der Waals surface area (Å²) >= 11 is 0. The van der Waals surface area contributed by atoms with Gasteiger partial charge in [0.25, 0.3) is 0 Å². The third-order valence-electron chi connectivity index (χ3n) is 4.05. The van der Waals surface area contributed by atoms with E-state index in [2.05, 4.69) is 5.32 Å². The Morgan fingerprint density at radius 3 is 2.46 bits per heavy atom. The number of hydrogen-bond acceptors (Lipinski definition) is 4. The monoisotopic (exact) mass is 376 g/mol. The fourth-order valence-corrected chi connectivity index (χ4v) is 3.92. The van der Waals surface area contributed by atoms with Gasteiger partial charge in [0.15, 0.2) is 0 Å². The van der Waals surface area contributed by atoms with Gasteiger partial charge in [0, 0.05) is 7.05 Å². The fraction of sp³-hybridized carbons (Fsp3) is 0.316. The first-order chi connectivity index (χ1) is 12.3. The highest BCUT2D eigenvalue weighted by molar-refractivity contribution is 7.89. The summed E-state index contributed by atoms with van der Waals surface area (Å²) in [6, 6.07) is 14.2. The van der Waals surface area contributed by atoms with E-state index < -0.39 is 10.0 Å². The lowest BCUT2D eigenvalue weighted by molar-refractivity contribution is -0.121. The smallest absolute Gasteiger partial charge is 0.246 e. The summed E-state index contributed by atoms with van der Waals surface area (Å²) in [6.07, 6.45) is 0. The number of carbonyl (C=O) groups is 1. The normalized spacial score (nSPS) is 12.7. The Balaban J connectivity index is 2.12. The van der Waals surface area contributed by atoms with Gasteiger partial charge in [-0.05, 0) is 37.1 Å². The molecule has 7 heteroatoms. The van der Waals surface area contributed by atoms with Gasteiger partial charge < -0.3 is 10.1 Å². The van der Waals surface area contributed by atoms with E-state index in [9.17, 15) is 13.2 Å². The van der Waals surface area contributed by atoms with Crippen molar-refractivity contribution in [3.05, 3.63) is 59.7 Å². The van der Waals surface area contributed by atoms with Gasteiger partial charge in [-0.1, -0.05) is 36.4 Å². The summed E-state index contributed by atoms with van der Waals surface area (Å²) in [5.41, 5.74) is 1.74. The fourth-order valence-electron chi connectivity index (χ4n) is 2.55. The minimum Gasteiger partial charge on any atom is -0.495 e. The molecule has 1 N–H and O–H groups in total. The molecule has 0 radical (unpaired) electrons. The number of nitrogens with zero attached hydrogens (tertiary/aromatic N) is 1. The van der Waals surface area contributed by atoms with E-state index in [4.69, 9.17) is 4.74 Å². The van der Waals surface area contributed by atoms with Gasteiger partial charge in [0.1, 0.15) is 10.6 Å². The topological polar surface area (TPSA) is 75.7 Å². The van der Waals surface area contributed by atoms with Crippen LogP contribution in [0.15, 0.2) is 53.4 Å². The molecule has 1 unspecified atom stereocenters. The maximum atomic E-state index is 12.8. The van der Waals surface area contributed by atoms with Crippen molar-refractivity contribution in [1.82, 2.24) is 9.62 Å². The van der Waals surface area contributed by atoms with E-state index in [-0.39, 0.29) is 29.1 Å². The number of amides is 1. The molecule has 0 heterocycles. The first-order valence-electron chi connectivity index (χ1n) is 8.21. The number of nitrogens with one attached hydrogen (secondary N) is 1. The molecular weight excluding hydrogens is 352 g/mol. The van der Waals surface area contributed by atoms with Crippen LogP contribution < -0.4 is 10.1 Å². The van der Waals surface area contributed by atoms with Crippen molar-refractivity contribution in [2.24, 2.45) is 0 Å². The molecule has 140 valence electrons. The molecule has 0 aromatic heterocycles. The lowest BCUT2D eigenvalue weighted by Gasteiger charge is -2.20. The van der Waals surface area contributed by atoms with Crippen LogP contribution in [-0.2, 0) is 14.8 Å². The van der Waals surface area contributed by atoms with Crippen LogP contribution >= 0.6 is 0 Å². The Morgan fingerprint density at radius 1 is 1.19 bits per heavy atom. The number of ether oxygens (including phenoxy) is 1. The number of benzene rings is 2. The van der Waals surface area contributed by atoms with Crippen molar-refractivity contribution in [3.63, 3.8) is 0 Å². The van der Waals surface area contributed by atoms with Crippen molar-refractivity contribution < 1.29 is 17.9 Å². The van der Waals surface area contributed by atoms with Crippen LogP contribution in [0.3, 0.4) is 0 Å². The zero-order valence-corrected chi connectivity index (χ0v) is 16.2. The second-order valence-corrected chi connectivity index (χ2v) is 8.13. The van der Waals surface area contributed by atoms with Gasteiger partial charge in [-0.2, -0.15) is 4.31 Å². The lowest BCUT2D eigenvalue weighted by atomic mass is 10.1. The number of hydrogen-bond donors (Lipinski definition) is 1. The maximum absolute atomic E-state index is 12.8. The largest absolute Gasteiger partial charge is 0.495 e. The van der Waals surface area contributed by atoms with Gasteiger partial charge in [0.2, 0.25) is 15.9 Å². The molecule has 2 rings (SSSR count). The molecule has 0 aliphatic heterocycles. The van der Waals surface area contributed by atoms with Crippen molar-refractivity contribution in [3.8, 4) is 5.75 Å². The summed E-state index contributed by atoms with van der Waals surface area (Å²) in [5.74, 6) is -0.125. The highest BCUT2D eigenvalue weighted by atomic mass is 32.2. The molecule has 1 amide bonds. The van der Waals surface area contributed by atoms with Crippen LogP contribution in [0.5, 0.6) is 5.75 Å². The number of rotatable bonds is 7. The third kappa shape index (κ3) is 4.62. The minimum atomic E-state index is -3.85. The predicted octanol–water partition coefficient (Wildman–Crippen LogP) is 2.50. The molecule has 0 saturated heterocycles. The third-order valence-corrected chi connectivity index (χ3v) is 5.88. The van der Waals surface area contributed by atoms with Crippen molar-refractivity contribution in [2.45, 2.75) is 24.8 Å². The number of likely N-dealkylation sites (N-methyl/N-ethyl adjacent to an activating group) is 1. The highest BCUT2D eigenvalue weighted by Crippen LogP contribution is 2.27. The number of aryl methyl sites for hydroxylation is 1. The molecule has 2 aromatic rings. The summed E-state index contributed by atoms with van der Waals surface area (Å²) in [6.45, 7) is 3.37. The number of methoxy groups -OCH3 is 1. The van der Waals surface area contributed by atoms with Crippen molar-refractivity contribution in [1.29, 1.82) is 0 Å². The number of sulfonamides is 1. The molecule has 0 fully saturated rings. The zero-order chi connectivity index (χ0) is 19.3.